The largest absolute Gasteiger partial charge is 0.288 e. The van der Waals surface area contributed by atoms with E-state index >= 15 is 0 Å². The number of hydrogen-bond acceptors (Lipinski definition) is 2. The number of carbonyl (C=O) groups is 2. The highest BCUT2D eigenvalue weighted by atomic mass is 35.5. The maximum Gasteiger partial charge on any atom is 0.208 e. The normalized spacial score (nSPS) is 15.7. The number of halogens is 3. The summed E-state index contributed by atoms with van der Waals surface area (Å²) in [5.74, 6) is -0.986. The Morgan fingerprint density at radius 2 is 1.47 bits per heavy atom. The molecule has 0 spiro atoms. The summed E-state index contributed by atoms with van der Waals surface area (Å²) in [6, 6.07) is 4.60. The van der Waals surface area contributed by atoms with Crippen molar-refractivity contribution in [2.75, 3.05) is 0 Å². The summed E-state index contributed by atoms with van der Waals surface area (Å²) in [6.07, 6.45) is 0. The van der Waals surface area contributed by atoms with Crippen LogP contribution in [-0.4, -0.2) is 11.6 Å². The van der Waals surface area contributed by atoms with Crippen molar-refractivity contribution in [3.63, 3.8) is 0 Å². The Balaban J connectivity index is 2.79. The average Bonchev–Trinajstić information content (AvgIpc) is 2.23. The molecule has 0 N–H and O–H groups in total. The minimum atomic E-state index is -0.512. The zero-order chi connectivity index (χ0) is 11.2. The molecule has 1 aromatic carbocycles. The summed E-state index contributed by atoms with van der Waals surface area (Å²) >= 11 is 17.1. The molecule has 76 valence electrons. The van der Waals surface area contributed by atoms with Crippen LogP contribution in [0.4, 0.5) is 0 Å². The number of fused-ring (bicyclic) bond motifs is 1. The summed E-state index contributed by atoms with van der Waals surface area (Å²) in [5.41, 5.74) is 0.320. The van der Waals surface area contributed by atoms with Gasteiger partial charge in [-0.1, -0.05) is 46.9 Å². The molecule has 5 heteroatoms. The maximum atomic E-state index is 11.7. The van der Waals surface area contributed by atoms with E-state index in [1.165, 1.54) is 12.1 Å². The molecule has 0 aromatic heterocycles. The molecule has 2 rings (SSSR count). The van der Waals surface area contributed by atoms with E-state index in [2.05, 4.69) is 0 Å². The van der Waals surface area contributed by atoms with Crippen LogP contribution in [0.5, 0.6) is 0 Å². The Labute approximate surface area is 100 Å². The highest BCUT2D eigenvalue weighted by molar-refractivity contribution is 6.60. The fourth-order valence-electron chi connectivity index (χ4n) is 1.37. The lowest BCUT2D eigenvalue weighted by Gasteiger charge is -2.14. The molecule has 0 heterocycles. The van der Waals surface area contributed by atoms with Crippen LogP contribution in [0.25, 0.3) is 0 Å². The molecule has 2 nitrogen and oxygen atoms in total. The summed E-state index contributed by atoms with van der Waals surface area (Å²) < 4.78 is 0. The van der Waals surface area contributed by atoms with Crippen molar-refractivity contribution in [2.24, 2.45) is 0 Å². The molecule has 0 saturated heterocycles. The van der Waals surface area contributed by atoms with Crippen molar-refractivity contribution in [1.82, 2.24) is 0 Å². The summed E-state index contributed by atoms with van der Waals surface area (Å²) in [7, 11) is 0. The molecule has 0 fully saturated rings. The van der Waals surface area contributed by atoms with Crippen molar-refractivity contribution in [2.45, 2.75) is 0 Å². The lowest BCUT2D eigenvalue weighted by molar-refractivity contribution is 0.0987. The molecule has 0 unspecified atom stereocenters. The van der Waals surface area contributed by atoms with E-state index in [9.17, 15) is 9.59 Å². The number of carbonyl (C=O) groups excluding carboxylic acids is 2. The van der Waals surface area contributed by atoms with Crippen LogP contribution in [0.15, 0.2) is 28.3 Å². The van der Waals surface area contributed by atoms with Crippen LogP contribution >= 0.6 is 34.8 Å². The predicted octanol–water partition coefficient (Wildman–Crippen LogP) is 3.41. The van der Waals surface area contributed by atoms with E-state index in [1.807, 2.05) is 0 Å². The SMILES string of the molecule is O=C1C(Cl)=C(Cl)C(=O)c2c(Cl)cccc21. The standard InChI is InChI=1S/C10H3Cl3O2/c11-5-3-1-2-4-6(5)10(15)8(13)7(12)9(4)14/h1-3H. The van der Waals surface area contributed by atoms with Gasteiger partial charge >= 0.3 is 0 Å². The van der Waals surface area contributed by atoms with Gasteiger partial charge in [0.25, 0.3) is 0 Å². The lowest BCUT2D eigenvalue weighted by atomic mass is 9.94. The first kappa shape index (κ1) is 10.7. The van der Waals surface area contributed by atoms with Crippen molar-refractivity contribution >= 4 is 46.4 Å². The topological polar surface area (TPSA) is 34.1 Å². The third-order valence-electron chi connectivity index (χ3n) is 2.08. The van der Waals surface area contributed by atoms with Crippen LogP contribution in [0.2, 0.25) is 5.02 Å². The maximum absolute atomic E-state index is 11.7. The molecule has 1 aliphatic rings. The summed E-state index contributed by atoms with van der Waals surface area (Å²) in [5, 5.41) is -0.327. The minimum absolute atomic E-state index is 0.124. The zero-order valence-corrected chi connectivity index (χ0v) is 9.45. The second kappa shape index (κ2) is 3.63. The molecule has 0 atom stereocenters. The third kappa shape index (κ3) is 1.49. The van der Waals surface area contributed by atoms with Crippen LogP contribution in [0.3, 0.4) is 0 Å². The van der Waals surface area contributed by atoms with E-state index in [1.54, 1.807) is 6.07 Å². The van der Waals surface area contributed by atoms with Gasteiger partial charge in [0, 0.05) is 5.56 Å². The Morgan fingerprint density at radius 3 is 2.13 bits per heavy atom. The first-order valence-electron chi connectivity index (χ1n) is 3.97. The van der Waals surface area contributed by atoms with Crippen LogP contribution in [0.1, 0.15) is 20.7 Å². The Morgan fingerprint density at radius 1 is 0.867 bits per heavy atom. The van der Waals surface area contributed by atoms with E-state index in [-0.39, 0.29) is 26.2 Å². The number of Topliss-reactive ketones (excluding diaryl/α,β-unsaturated/α-hetero) is 2. The van der Waals surface area contributed by atoms with Crippen LogP contribution < -0.4 is 0 Å². The first-order chi connectivity index (χ1) is 7.04. The van der Waals surface area contributed by atoms with Gasteiger partial charge in [0.05, 0.1) is 10.6 Å². The molecule has 0 amide bonds. The summed E-state index contributed by atoms with van der Waals surface area (Å²) in [4.78, 5) is 23.3. The van der Waals surface area contributed by atoms with Gasteiger partial charge in [-0.2, -0.15) is 0 Å². The van der Waals surface area contributed by atoms with Gasteiger partial charge in [-0.25, -0.2) is 0 Å². The van der Waals surface area contributed by atoms with Crippen molar-refractivity contribution in [1.29, 1.82) is 0 Å². The zero-order valence-electron chi connectivity index (χ0n) is 7.18. The first-order valence-corrected chi connectivity index (χ1v) is 5.10. The highest BCUT2D eigenvalue weighted by Gasteiger charge is 2.31. The van der Waals surface area contributed by atoms with Gasteiger partial charge in [-0.3, -0.25) is 9.59 Å². The van der Waals surface area contributed by atoms with Crippen LogP contribution in [0, 0.1) is 0 Å². The lowest BCUT2D eigenvalue weighted by Crippen LogP contribution is -2.18. The highest BCUT2D eigenvalue weighted by Crippen LogP contribution is 2.33. The van der Waals surface area contributed by atoms with Crippen molar-refractivity contribution < 1.29 is 9.59 Å². The fraction of sp³-hybridized carbons (Fsp3) is 0. The Kier molecular flexibility index (Phi) is 2.59. The fourth-order valence-corrected chi connectivity index (χ4v) is 2.00. The molecule has 0 bridgehead atoms. The van der Waals surface area contributed by atoms with Crippen molar-refractivity contribution in [3.8, 4) is 0 Å². The van der Waals surface area contributed by atoms with E-state index in [4.69, 9.17) is 34.8 Å². The predicted molar refractivity (Wildman–Crippen MR) is 58.8 cm³/mol. The van der Waals surface area contributed by atoms with Gasteiger partial charge in [0.15, 0.2) is 0 Å². The summed E-state index contributed by atoms with van der Waals surface area (Å²) in [6.45, 7) is 0. The average molecular weight is 261 g/mol. The monoisotopic (exact) mass is 260 g/mol. The smallest absolute Gasteiger partial charge is 0.208 e. The van der Waals surface area contributed by atoms with Gasteiger partial charge < -0.3 is 0 Å². The quantitative estimate of drug-likeness (QED) is 0.717. The molecule has 0 radical (unpaired) electrons. The van der Waals surface area contributed by atoms with E-state index < -0.39 is 11.6 Å². The molecule has 1 aromatic rings. The van der Waals surface area contributed by atoms with Gasteiger partial charge in [0.1, 0.15) is 10.1 Å². The Hall–Kier alpha value is -0.830. The van der Waals surface area contributed by atoms with E-state index in [0.29, 0.717) is 0 Å². The molecular formula is C10H3Cl3O2. The van der Waals surface area contributed by atoms with Gasteiger partial charge in [-0.05, 0) is 6.07 Å². The Bertz CT molecular complexity index is 517. The second-order valence-corrected chi connectivity index (χ2v) is 4.11. The van der Waals surface area contributed by atoms with Gasteiger partial charge in [0.2, 0.25) is 11.6 Å². The molecule has 0 aliphatic heterocycles. The van der Waals surface area contributed by atoms with Crippen molar-refractivity contribution in [3.05, 3.63) is 44.4 Å². The molecule has 15 heavy (non-hydrogen) atoms. The number of allylic oxidation sites excluding steroid dienone is 2. The number of hydrogen-bond donors (Lipinski definition) is 0. The second-order valence-electron chi connectivity index (χ2n) is 2.95. The number of rotatable bonds is 0. The van der Waals surface area contributed by atoms with Crippen LogP contribution in [-0.2, 0) is 0 Å². The molecular weight excluding hydrogens is 258 g/mol. The van der Waals surface area contributed by atoms with Gasteiger partial charge in [-0.15, -0.1) is 0 Å². The molecule has 1 aliphatic carbocycles. The third-order valence-corrected chi connectivity index (χ3v) is 3.21. The molecule has 0 saturated carbocycles. The minimum Gasteiger partial charge on any atom is -0.288 e. The number of ketones is 2. The number of benzene rings is 1. The van der Waals surface area contributed by atoms with E-state index in [0.717, 1.165) is 0 Å².